The second kappa shape index (κ2) is 5.23. The third-order valence-corrected chi connectivity index (χ3v) is 4.18. The monoisotopic (exact) mass is 317 g/mol. The fraction of sp³-hybridized carbons (Fsp3) is 0.471. The predicted molar refractivity (Wildman–Crippen MR) is 84.6 cm³/mol. The van der Waals surface area contributed by atoms with Crippen molar-refractivity contribution in [3.05, 3.63) is 35.9 Å². The van der Waals surface area contributed by atoms with Gasteiger partial charge in [-0.25, -0.2) is 4.39 Å². The lowest BCUT2D eigenvalue weighted by Crippen LogP contribution is -2.46. The van der Waals surface area contributed by atoms with E-state index < -0.39 is 17.3 Å². The number of carbonyl (C=O) groups is 1. The van der Waals surface area contributed by atoms with Gasteiger partial charge in [0, 0.05) is 18.5 Å². The number of fused-ring (bicyclic) bond motifs is 1. The van der Waals surface area contributed by atoms with Gasteiger partial charge in [-0.1, -0.05) is 0 Å². The van der Waals surface area contributed by atoms with Gasteiger partial charge in [0.1, 0.15) is 5.82 Å². The highest BCUT2D eigenvalue weighted by Gasteiger charge is 2.46. The lowest BCUT2D eigenvalue weighted by molar-refractivity contribution is -0.0693. The maximum atomic E-state index is 14.2. The van der Waals surface area contributed by atoms with E-state index in [9.17, 15) is 9.18 Å². The zero-order valence-corrected chi connectivity index (χ0v) is 13.7. The number of nitrogens with zero attached hydrogens (tertiary/aromatic N) is 2. The predicted octanol–water partition coefficient (Wildman–Crippen LogP) is 2.84. The summed E-state index contributed by atoms with van der Waals surface area (Å²) in [5.74, 6) is -1.07. The van der Waals surface area contributed by atoms with Crippen LogP contribution in [0.1, 0.15) is 44.5 Å². The van der Waals surface area contributed by atoms with Crippen LogP contribution < -0.4 is 5.32 Å². The number of carbonyl (C=O) groups excluding carboxylic acids is 1. The Bertz CT molecular complexity index is 774. The molecule has 1 fully saturated rings. The van der Waals surface area contributed by atoms with E-state index in [4.69, 9.17) is 4.74 Å². The molecule has 1 saturated heterocycles. The fourth-order valence-electron chi connectivity index (χ4n) is 3.18. The standard InChI is InChI=1S/C17H20FN3O2/c1-16(2)9-14(17(3,4)23-16)21-15(22)10-7-12-13(8-11(10)18)20-6-5-19-12/h5-8,14H,9H2,1-4H3,(H,21,22). The van der Waals surface area contributed by atoms with Crippen LogP contribution in [0.4, 0.5) is 4.39 Å². The Morgan fingerprint density at radius 2 is 1.83 bits per heavy atom. The maximum Gasteiger partial charge on any atom is 0.254 e. The zero-order chi connectivity index (χ0) is 16.8. The Hall–Kier alpha value is -2.08. The van der Waals surface area contributed by atoms with Gasteiger partial charge in [0.15, 0.2) is 0 Å². The number of aromatic nitrogens is 2. The number of benzene rings is 1. The minimum absolute atomic E-state index is 0.0292. The normalized spacial score (nSPS) is 22.2. The molecule has 5 nitrogen and oxygen atoms in total. The van der Waals surface area contributed by atoms with Crippen LogP contribution in [0.3, 0.4) is 0 Å². The van der Waals surface area contributed by atoms with Crippen LogP contribution in [0.15, 0.2) is 24.5 Å². The molecule has 1 amide bonds. The minimum Gasteiger partial charge on any atom is -0.367 e. The average Bonchev–Trinajstić information content (AvgIpc) is 2.65. The van der Waals surface area contributed by atoms with Crippen molar-refractivity contribution in [3.8, 4) is 0 Å². The summed E-state index contributed by atoms with van der Waals surface area (Å²) in [6.07, 6.45) is 3.67. The van der Waals surface area contributed by atoms with E-state index in [1.54, 1.807) is 0 Å². The molecule has 1 aromatic carbocycles. The molecule has 0 radical (unpaired) electrons. The molecule has 0 bridgehead atoms. The average molecular weight is 317 g/mol. The van der Waals surface area contributed by atoms with Gasteiger partial charge in [0.05, 0.1) is 33.8 Å². The number of hydrogen-bond acceptors (Lipinski definition) is 4. The van der Waals surface area contributed by atoms with E-state index in [0.717, 1.165) is 0 Å². The van der Waals surface area contributed by atoms with Crippen molar-refractivity contribution in [1.29, 1.82) is 0 Å². The number of amides is 1. The molecule has 1 aliphatic heterocycles. The molecule has 2 heterocycles. The summed E-state index contributed by atoms with van der Waals surface area (Å²) in [5, 5.41) is 2.89. The summed E-state index contributed by atoms with van der Waals surface area (Å²) in [7, 11) is 0. The lowest BCUT2D eigenvalue weighted by atomic mass is 9.94. The van der Waals surface area contributed by atoms with Gasteiger partial charge in [0.2, 0.25) is 0 Å². The van der Waals surface area contributed by atoms with E-state index >= 15 is 0 Å². The fourth-order valence-corrected chi connectivity index (χ4v) is 3.18. The summed E-state index contributed by atoms with van der Waals surface area (Å²) in [5.41, 5.74) is 0.0493. The molecule has 1 unspecified atom stereocenters. The zero-order valence-electron chi connectivity index (χ0n) is 13.7. The first-order valence-corrected chi connectivity index (χ1v) is 7.59. The van der Waals surface area contributed by atoms with Gasteiger partial charge in [0.25, 0.3) is 5.91 Å². The smallest absolute Gasteiger partial charge is 0.254 e. The highest BCUT2D eigenvalue weighted by molar-refractivity contribution is 5.97. The molecule has 1 N–H and O–H groups in total. The molecule has 1 aromatic heterocycles. The molecule has 2 aromatic rings. The largest absolute Gasteiger partial charge is 0.367 e. The molecule has 0 aliphatic carbocycles. The summed E-state index contributed by atoms with van der Waals surface area (Å²) in [6, 6.07) is 2.47. The van der Waals surface area contributed by atoms with Crippen molar-refractivity contribution in [2.45, 2.75) is 51.4 Å². The Morgan fingerprint density at radius 1 is 1.22 bits per heavy atom. The van der Waals surface area contributed by atoms with Crippen molar-refractivity contribution in [3.63, 3.8) is 0 Å². The quantitative estimate of drug-likeness (QED) is 0.925. The van der Waals surface area contributed by atoms with Crippen LogP contribution in [-0.2, 0) is 4.74 Å². The molecule has 122 valence electrons. The number of nitrogens with one attached hydrogen (secondary N) is 1. The minimum atomic E-state index is -0.605. The summed E-state index contributed by atoms with van der Waals surface area (Å²) >= 11 is 0. The number of halogens is 1. The van der Waals surface area contributed by atoms with E-state index in [1.165, 1.54) is 24.5 Å². The van der Waals surface area contributed by atoms with Gasteiger partial charge in [-0.05, 0) is 40.2 Å². The molecule has 0 spiro atoms. The Morgan fingerprint density at radius 3 is 2.39 bits per heavy atom. The van der Waals surface area contributed by atoms with Crippen LogP contribution >= 0.6 is 0 Å². The Kier molecular flexibility index (Phi) is 3.59. The Balaban J connectivity index is 1.88. The van der Waals surface area contributed by atoms with Gasteiger partial charge in [-0.15, -0.1) is 0 Å². The van der Waals surface area contributed by atoms with E-state index in [1.807, 2.05) is 27.7 Å². The summed E-state index contributed by atoms with van der Waals surface area (Å²) < 4.78 is 20.2. The summed E-state index contributed by atoms with van der Waals surface area (Å²) in [4.78, 5) is 20.7. The second-order valence-corrected chi connectivity index (χ2v) is 7.07. The first-order valence-electron chi connectivity index (χ1n) is 7.59. The van der Waals surface area contributed by atoms with Crippen molar-refractivity contribution in [2.75, 3.05) is 0 Å². The molecule has 6 heteroatoms. The highest BCUT2D eigenvalue weighted by atomic mass is 19.1. The number of hydrogen-bond donors (Lipinski definition) is 1. The maximum absolute atomic E-state index is 14.2. The van der Waals surface area contributed by atoms with Gasteiger partial charge >= 0.3 is 0 Å². The van der Waals surface area contributed by atoms with Crippen molar-refractivity contribution >= 4 is 16.9 Å². The van der Waals surface area contributed by atoms with Crippen LogP contribution in [0.5, 0.6) is 0 Å². The molecule has 0 saturated carbocycles. The van der Waals surface area contributed by atoms with Crippen LogP contribution in [0.2, 0.25) is 0 Å². The number of ether oxygens (including phenoxy) is 1. The van der Waals surface area contributed by atoms with Crippen LogP contribution in [0, 0.1) is 5.82 Å². The van der Waals surface area contributed by atoms with Crippen molar-refractivity contribution < 1.29 is 13.9 Å². The van der Waals surface area contributed by atoms with Gasteiger partial charge < -0.3 is 10.1 Å². The lowest BCUT2D eigenvalue weighted by Gasteiger charge is -2.27. The molecule has 23 heavy (non-hydrogen) atoms. The first-order chi connectivity index (χ1) is 10.7. The molecular formula is C17H20FN3O2. The molecule has 3 rings (SSSR count). The van der Waals surface area contributed by atoms with Crippen LogP contribution in [-0.4, -0.2) is 33.1 Å². The first kappa shape index (κ1) is 15.8. The van der Waals surface area contributed by atoms with E-state index in [-0.39, 0.29) is 17.2 Å². The van der Waals surface area contributed by atoms with Crippen LogP contribution in [0.25, 0.3) is 11.0 Å². The van der Waals surface area contributed by atoms with Gasteiger partial charge in [-0.3, -0.25) is 14.8 Å². The highest BCUT2D eigenvalue weighted by Crippen LogP contribution is 2.37. The third kappa shape index (κ3) is 3.03. The number of rotatable bonds is 2. The Labute approximate surface area is 134 Å². The third-order valence-electron chi connectivity index (χ3n) is 4.18. The van der Waals surface area contributed by atoms with Crippen molar-refractivity contribution in [2.24, 2.45) is 0 Å². The SMILES string of the molecule is CC1(C)CC(NC(=O)c2cc3nccnc3cc2F)C(C)(C)O1. The van der Waals surface area contributed by atoms with Gasteiger partial charge in [-0.2, -0.15) is 0 Å². The topological polar surface area (TPSA) is 64.1 Å². The van der Waals surface area contributed by atoms with E-state index in [0.29, 0.717) is 17.5 Å². The van der Waals surface area contributed by atoms with Crippen molar-refractivity contribution in [1.82, 2.24) is 15.3 Å². The molecule has 1 aliphatic rings. The second-order valence-electron chi connectivity index (χ2n) is 7.07. The summed E-state index contributed by atoms with van der Waals surface area (Å²) in [6.45, 7) is 7.81. The molecule has 1 atom stereocenters. The molecular weight excluding hydrogens is 297 g/mol. The van der Waals surface area contributed by atoms with E-state index in [2.05, 4.69) is 15.3 Å².